The molecule has 22 heavy (non-hydrogen) atoms. The van der Waals surface area contributed by atoms with Crippen molar-refractivity contribution in [1.82, 2.24) is 19.7 Å². The number of hydrogen-bond donors (Lipinski definition) is 0. The fraction of sp³-hybridized carbons (Fsp3) is 0.533. The molecule has 116 valence electrons. The molecule has 0 radical (unpaired) electrons. The molecule has 2 aliphatic heterocycles. The first-order chi connectivity index (χ1) is 10.7. The molecule has 1 unspecified atom stereocenters. The molecule has 2 fully saturated rings. The molecule has 0 spiro atoms. The molecule has 4 heterocycles. The third-order valence-corrected chi connectivity index (χ3v) is 5.42. The van der Waals surface area contributed by atoms with Crippen molar-refractivity contribution in [3.63, 3.8) is 0 Å². The number of ether oxygens (including phenoxy) is 1. The molecule has 2 aromatic rings. The van der Waals surface area contributed by atoms with Gasteiger partial charge in [0.1, 0.15) is 12.4 Å². The maximum absolute atomic E-state index is 12.4. The van der Waals surface area contributed by atoms with Crippen LogP contribution in [0.4, 0.5) is 0 Å². The van der Waals surface area contributed by atoms with Gasteiger partial charge < -0.3 is 14.2 Å². The van der Waals surface area contributed by atoms with Gasteiger partial charge in [0.15, 0.2) is 5.82 Å². The van der Waals surface area contributed by atoms with Crippen LogP contribution in [0.25, 0.3) is 0 Å². The first-order valence-electron chi connectivity index (χ1n) is 7.58. The van der Waals surface area contributed by atoms with E-state index in [1.807, 2.05) is 23.3 Å². The van der Waals surface area contributed by atoms with Crippen molar-refractivity contribution in [1.29, 1.82) is 0 Å². The second-order valence-corrected chi connectivity index (χ2v) is 6.81. The summed E-state index contributed by atoms with van der Waals surface area (Å²) >= 11 is 1.51. The van der Waals surface area contributed by atoms with E-state index in [2.05, 4.69) is 14.8 Å². The van der Waals surface area contributed by atoms with Crippen LogP contribution >= 0.6 is 11.3 Å². The Hall–Kier alpha value is -1.73. The smallest absolute Gasteiger partial charge is 0.264 e. The van der Waals surface area contributed by atoms with Crippen LogP contribution in [-0.2, 0) is 4.74 Å². The summed E-state index contributed by atoms with van der Waals surface area (Å²) in [6.45, 7) is 4.21. The van der Waals surface area contributed by atoms with Crippen LogP contribution in [0.3, 0.4) is 0 Å². The van der Waals surface area contributed by atoms with Crippen LogP contribution < -0.4 is 0 Å². The van der Waals surface area contributed by atoms with Gasteiger partial charge in [0.2, 0.25) is 0 Å². The number of thiophene rings is 1. The van der Waals surface area contributed by atoms with E-state index >= 15 is 0 Å². The molecule has 1 amide bonds. The van der Waals surface area contributed by atoms with E-state index in [1.165, 1.54) is 11.3 Å². The number of amides is 1. The van der Waals surface area contributed by atoms with E-state index in [4.69, 9.17) is 4.74 Å². The quantitative estimate of drug-likeness (QED) is 0.870. The standard InChI is InChI=1S/C15H18N4O2S/c1-10-4-6-22-13(10)15(20)18-7-11(8-18)19-9-16-17-14(19)12-3-2-5-21-12/h4,6,9,11-12H,2-3,5,7-8H2,1H3. The Labute approximate surface area is 132 Å². The number of hydrogen-bond acceptors (Lipinski definition) is 5. The maximum atomic E-state index is 12.4. The number of likely N-dealkylation sites (tertiary alicyclic amines) is 1. The van der Waals surface area contributed by atoms with Gasteiger partial charge in [-0.1, -0.05) is 0 Å². The van der Waals surface area contributed by atoms with E-state index in [-0.39, 0.29) is 18.1 Å². The average molecular weight is 318 g/mol. The number of nitrogens with zero attached hydrogens (tertiary/aromatic N) is 4. The molecule has 1 atom stereocenters. The highest BCUT2D eigenvalue weighted by Gasteiger charge is 2.36. The predicted octanol–water partition coefficient (Wildman–Crippen LogP) is 2.20. The molecule has 0 aromatic carbocycles. The number of rotatable bonds is 3. The van der Waals surface area contributed by atoms with Gasteiger partial charge in [0, 0.05) is 19.7 Å². The Morgan fingerprint density at radius 3 is 3.00 bits per heavy atom. The summed E-state index contributed by atoms with van der Waals surface area (Å²) in [4.78, 5) is 15.2. The molecule has 0 saturated carbocycles. The molecule has 7 heteroatoms. The van der Waals surface area contributed by atoms with Gasteiger partial charge in [0.25, 0.3) is 5.91 Å². The zero-order chi connectivity index (χ0) is 15.1. The summed E-state index contributed by atoms with van der Waals surface area (Å²) in [5.74, 6) is 1.04. The molecular weight excluding hydrogens is 300 g/mol. The zero-order valence-electron chi connectivity index (χ0n) is 12.4. The Balaban J connectivity index is 1.44. The Morgan fingerprint density at radius 1 is 1.45 bits per heavy atom. The summed E-state index contributed by atoms with van der Waals surface area (Å²) in [6.07, 6.45) is 3.90. The van der Waals surface area contributed by atoms with Crippen molar-refractivity contribution < 1.29 is 9.53 Å². The normalized spacial score (nSPS) is 22.0. The minimum Gasteiger partial charge on any atom is -0.370 e. The third kappa shape index (κ3) is 2.24. The van der Waals surface area contributed by atoms with Gasteiger partial charge in [-0.3, -0.25) is 4.79 Å². The van der Waals surface area contributed by atoms with E-state index in [0.717, 1.165) is 35.7 Å². The lowest BCUT2D eigenvalue weighted by molar-refractivity contribution is 0.0488. The molecule has 4 rings (SSSR count). The number of aryl methyl sites for hydroxylation is 1. The van der Waals surface area contributed by atoms with E-state index < -0.39 is 0 Å². The van der Waals surface area contributed by atoms with Gasteiger partial charge in [-0.05, 0) is 36.8 Å². The van der Waals surface area contributed by atoms with Gasteiger partial charge in [0.05, 0.1) is 10.9 Å². The zero-order valence-corrected chi connectivity index (χ0v) is 13.3. The summed E-state index contributed by atoms with van der Waals surface area (Å²) < 4.78 is 7.79. The summed E-state index contributed by atoms with van der Waals surface area (Å²) in [7, 11) is 0. The predicted molar refractivity (Wildman–Crippen MR) is 81.9 cm³/mol. The molecule has 0 N–H and O–H groups in total. The minimum atomic E-state index is 0.0618. The van der Waals surface area contributed by atoms with Crippen LogP contribution in [0.5, 0.6) is 0 Å². The topological polar surface area (TPSA) is 60.2 Å². The van der Waals surface area contributed by atoms with Crippen LogP contribution in [0, 0.1) is 6.92 Å². The third-order valence-electron chi connectivity index (χ3n) is 4.42. The molecule has 0 bridgehead atoms. The fourth-order valence-electron chi connectivity index (χ4n) is 3.08. The second-order valence-electron chi connectivity index (χ2n) is 5.89. The van der Waals surface area contributed by atoms with E-state index in [9.17, 15) is 4.79 Å². The molecule has 2 saturated heterocycles. The van der Waals surface area contributed by atoms with Crippen LogP contribution in [0.15, 0.2) is 17.8 Å². The lowest BCUT2D eigenvalue weighted by Crippen LogP contribution is -2.51. The largest absolute Gasteiger partial charge is 0.370 e. The summed E-state index contributed by atoms with van der Waals surface area (Å²) in [5.41, 5.74) is 1.06. The first-order valence-corrected chi connectivity index (χ1v) is 8.46. The van der Waals surface area contributed by atoms with Gasteiger partial charge >= 0.3 is 0 Å². The van der Waals surface area contributed by atoms with Crippen molar-refractivity contribution >= 4 is 17.2 Å². The highest BCUT2D eigenvalue weighted by atomic mass is 32.1. The second kappa shape index (κ2) is 5.48. The lowest BCUT2D eigenvalue weighted by Gasteiger charge is -2.40. The number of aromatic nitrogens is 3. The van der Waals surface area contributed by atoms with Crippen LogP contribution in [0.1, 0.15) is 46.0 Å². The highest BCUT2D eigenvalue weighted by molar-refractivity contribution is 7.12. The molecule has 0 aliphatic carbocycles. The summed E-state index contributed by atoms with van der Waals surface area (Å²) in [6, 6.07) is 2.25. The molecule has 2 aromatic heterocycles. The van der Waals surface area contributed by atoms with Gasteiger partial charge in [-0.15, -0.1) is 21.5 Å². The molecular formula is C15H18N4O2S. The maximum Gasteiger partial charge on any atom is 0.264 e. The minimum absolute atomic E-state index is 0.0618. The van der Waals surface area contributed by atoms with Crippen LogP contribution in [0.2, 0.25) is 0 Å². The molecule has 6 nitrogen and oxygen atoms in total. The molecule has 2 aliphatic rings. The fourth-order valence-corrected chi connectivity index (χ4v) is 3.97. The highest BCUT2D eigenvalue weighted by Crippen LogP contribution is 2.32. The van der Waals surface area contributed by atoms with Crippen molar-refractivity contribution in [3.05, 3.63) is 34.0 Å². The van der Waals surface area contributed by atoms with E-state index in [1.54, 1.807) is 6.33 Å². The van der Waals surface area contributed by atoms with Crippen LogP contribution in [-0.4, -0.2) is 45.3 Å². The number of carbonyl (C=O) groups excluding carboxylic acids is 1. The van der Waals surface area contributed by atoms with E-state index in [0.29, 0.717) is 13.1 Å². The van der Waals surface area contributed by atoms with Crippen molar-refractivity contribution in [2.45, 2.75) is 31.9 Å². The van der Waals surface area contributed by atoms with Crippen molar-refractivity contribution in [2.24, 2.45) is 0 Å². The van der Waals surface area contributed by atoms with Gasteiger partial charge in [-0.25, -0.2) is 0 Å². The van der Waals surface area contributed by atoms with Gasteiger partial charge in [-0.2, -0.15) is 0 Å². The SMILES string of the molecule is Cc1ccsc1C(=O)N1CC(n2cnnc2C2CCCO2)C1. The Morgan fingerprint density at radius 2 is 2.32 bits per heavy atom. The Kier molecular flexibility index (Phi) is 3.46. The lowest BCUT2D eigenvalue weighted by atomic mass is 10.1. The number of carbonyl (C=O) groups is 1. The monoisotopic (exact) mass is 318 g/mol. The Bertz CT molecular complexity index is 683. The van der Waals surface area contributed by atoms with Crippen molar-refractivity contribution in [3.8, 4) is 0 Å². The summed E-state index contributed by atoms with van der Waals surface area (Å²) in [5, 5.41) is 10.2. The first kappa shape index (κ1) is 13.9. The average Bonchev–Trinajstić information content (AvgIpc) is 3.16. The van der Waals surface area contributed by atoms with Crippen molar-refractivity contribution in [2.75, 3.05) is 19.7 Å².